The van der Waals surface area contributed by atoms with Crippen molar-refractivity contribution in [3.05, 3.63) is 42.9 Å². The third-order valence-electron chi connectivity index (χ3n) is 2.28. The van der Waals surface area contributed by atoms with Crippen molar-refractivity contribution in [2.24, 2.45) is 0 Å². The van der Waals surface area contributed by atoms with E-state index in [1.54, 1.807) is 13.3 Å². The van der Waals surface area contributed by atoms with E-state index in [4.69, 9.17) is 4.74 Å². The van der Waals surface area contributed by atoms with Crippen molar-refractivity contribution in [2.45, 2.75) is 6.42 Å². The van der Waals surface area contributed by atoms with Gasteiger partial charge in [0, 0.05) is 17.6 Å². The van der Waals surface area contributed by atoms with Crippen LogP contribution in [0.5, 0.6) is 5.75 Å². The third-order valence-corrected chi connectivity index (χ3v) is 2.28. The second-order valence-corrected chi connectivity index (χ2v) is 3.11. The van der Waals surface area contributed by atoms with Crippen molar-refractivity contribution < 1.29 is 4.74 Å². The fourth-order valence-corrected chi connectivity index (χ4v) is 1.55. The van der Waals surface area contributed by atoms with Crippen LogP contribution in [0.4, 0.5) is 0 Å². The van der Waals surface area contributed by atoms with Crippen molar-refractivity contribution in [1.29, 1.82) is 0 Å². The average Bonchev–Trinajstić information content (AvgIpc) is 2.27. The summed E-state index contributed by atoms with van der Waals surface area (Å²) in [6, 6.07) is 7.95. The molecule has 0 saturated carbocycles. The average molecular weight is 186 g/mol. The molecule has 0 unspecified atom stereocenters. The molecule has 2 nitrogen and oxygen atoms in total. The number of benzene rings is 1. The summed E-state index contributed by atoms with van der Waals surface area (Å²) in [5.41, 5.74) is 2.14. The van der Waals surface area contributed by atoms with Gasteiger partial charge in [0.25, 0.3) is 0 Å². The van der Waals surface area contributed by atoms with E-state index in [2.05, 4.69) is 18.0 Å². The van der Waals surface area contributed by atoms with E-state index in [9.17, 15) is 0 Å². The summed E-state index contributed by atoms with van der Waals surface area (Å²) in [7, 11) is 1.66. The van der Waals surface area contributed by atoms with Crippen molar-refractivity contribution in [3.8, 4) is 5.75 Å². The summed E-state index contributed by atoms with van der Waals surface area (Å²) in [4.78, 5) is 4.29. The number of hydrogen-bond donors (Lipinski definition) is 0. The van der Waals surface area contributed by atoms with Crippen molar-refractivity contribution in [1.82, 2.24) is 4.98 Å². The first-order valence-electron chi connectivity index (χ1n) is 4.56. The Labute approximate surface area is 83.5 Å². The van der Waals surface area contributed by atoms with Gasteiger partial charge in [-0.15, -0.1) is 0 Å². The van der Waals surface area contributed by atoms with Crippen LogP contribution in [-0.4, -0.2) is 12.1 Å². The molecule has 2 heteroatoms. The first kappa shape index (κ1) is 9.00. The molecule has 2 rings (SSSR count). The van der Waals surface area contributed by atoms with Gasteiger partial charge < -0.3 is 4.74 Å². The summed E-state index contributed by atoms with van der Waals surface area (Å²) in [5.74, 6) is 0.842. The molecular weight excluding hydrogens is 174 g/mol. The van der Waals surface area contributed by atoms with Gasteiger partial charge in [0.15, 0.2) is 0 Å². The normalized spacial score (nSPS) is 10.4. The minimum atomic E-state index is 0.749. The van der Waals surface area contributed by atoms with Crippen LogP contribution >= 0.6 is 0 Å². The topological polar surface area (TPSA) is 22.1 Å². The van der Waals surface area contributed by atoms with Crippen molar-refractivity contribution >= 4 is 10.9 Å². The number of fused-ring (bicyclic) bond motifs is 1. The van der Waals surface area contributed by atoms with E-state index >= 15 is 0 Å². The predicted octanol–water partition coefficient (Wildman–Crippen LogP) is 2.62. The van der Waals surface area contributed by atoms with Crippen LogP contribution < -0.4 is 4.74 Å². The summed E-state index contributed by atoms with van der Waals surface area (Å²) in [6.45, 7) is 3.90. The molecule has 0 aliphatic carbocycles. The quantitative estimate of drug-likeness (QED) is 0.719. The monoisotopic (exact) mass is 186 g/mol. The maximum atomic E-state index is 5.20. The summed E-state index contributed by atoms with van der Waals surface area (Å²) in [5, 5.41) is 1.16. The molecule has 71 valence electrons. The number of rotatable bonds is 2. The zero-order chi connectivity index (χ0) is 9.97. The van der Waals surface area contributed by atoms with Gasteiger partial charge in [0.1, 0.15) is 5.75 Å². The SMILES string of the molecule is [CH2]Cc1cc(OC)cc2ncccc12. The fourth-order valence-electron chi connectivity index (χ4n) is 1.55. The maximum absolute atomic E-state index is 5.20. The summed E-state index contributed by atoms with van der Waals surface area (Å²) < 4.78 is 5.20. The van der Waals surface area contributed by atoms with Crippen LogP contribution in [0, 0.1) is 6.92 Å². The number of hydrogen-bond acceptors (Lipinski definition) is 2. The molecule has 0 atom stereocenters. The Hall–Kier alpha value is -1.57. The first-order chi connectivity index (χ1) is 6.85. The predicted molar refractivity (Wildman–Crippen MR) is 57.4 cm³/mol. The lowest BCUT2D eigenvalue weighted by Crippen LogP contribution is -1.90. The highest BCUT2D eigenvalue weighted by Gasteiger charge is 2.02. The van der Waals surface area contributed by atoms with Gasteiger partial charge in [-0.2, -0.15) is 0 Å². The molecule has 1 aromatic heterocycles. The lowest BCUT2D eigenvalue weighted by molar-refractivity contribution is 0.415. The molecule has 1 radical (unpaired) electrons. The Morgan fingerprint density at radius 2 is 2.29 bits per heavy atom. The number of nitrogens with zero attached hydrogens (tertiary/aromatic N) is 1. The Morgan fingerprint density at radius 3 is 3.00 bits per heavy atom. The molecule has 0 saturated heterocycles. The van der Waals surface area contributed by atoms with Crippen LogP contribution in [0.2, 0.25) is 0 Å². The highest BCUT2D eigenvalue weighted by Crippen LogP contribution is 2.23. The van der Waals surface area contributed by atoms with Crippen LogP contribution in [0.3, 0.4) is 0 Å². The molecule has 0 amide bonds. The standard InChI is InChI=1S/C12H12NO/c1-3-9-7-10(14-2)8-12-11(9)5-4-6-13-12/h4-8H,1,3H2,2H3. The van der Waals surface area contributed by atoms with Gasteiger partial charge in [0.05, 0.1) is 12.6 Å². The van der Waals surface area contributed by atoms with Crippen LogP contribution in [0.1, 0.15) is 5.56 Å². The van der Waals surface area contributed by atoms with E-state index in [1.165, 1.54) is 5.56 Å². The number of methoxy groups -OCH3 is 1. The number of aromatic nitrogens is 1. The summed E-state index contributed by atoms with van der Waals surface area (Å²) >= 11 is 0. The second kappa shape index (κ2) is 3.66. The Morgan fingerprint density at radius 1 is 1.43 bits per heavy atom. The minimum Gasteiger partial charge on any atom is -0.497 e. The Bertz CT molecular complexity index is 451. The number of ether oxygens (including phenoxy) is 1. The highest BCUT2D eigenvalue weighted by molar-refractivity contribution is 5.83. The van der Waals surface area contributed by atoms with Crippen molar-refractivity contribution in [2.75, 3.05) is 7.11 Å². The van der Waals surface area contributed by atoms with Gasteiger partial charge in [-0.25, -0.2) is 0 Å². The molecule has 0 aliphatic heterocycles. The van der Waals surface area contributed by atoms with Crippen LogP contribution in [-0.2, 0) is 6.42 Å². The lowest BCUT2D eigenvalue weighted by atomic mass is 10.1. The van der Waals surface area contributed by atoms with E-state index in [0.717, 1.165) is 23.1 Å². The van der Waals surface area contributed by atoms with Gasteiger partial charge in [-0.1, -0.05) is 6.07 Å². The van der Waals surface area contributed by atoms with E-state index < -0.39 is 0 Å². The molecule has 0 aliphatic rings. The van der Waals surface area contributed by atoms with Gasteiger partial charge in [0.2, 0.25) is 0 Å². The molecule has 2 aromatic rings. The Kier molecular flexibility index (Phi) is 2.35. The molecule has 0 N–H and O–H groups in total. The first-order valence-corrected chi connectivity index (χ1v) is 4.56. The second-order valence-electron chi connectivity index (χ2n) is 3.11. The maximum Gasteiger partial charge on any atom is 0.121 e. The largest absolute Gasteiger partial charge is 0.497 e. The molecule has 1 aromatic carbocycles. The highest BCUT2D eigenvalue weighted by atomic mass is 16.5. The zero-order valence-electron chi connectivity index (χ0n) is 8.16. The van der Waals surface area contributed by atoms with Crippen LogP contribution in [0.25, 0.3) is 10.9 Å². The molecule has 14 heavy (non-hydrogen) atoms. The Balaban J connectivity index is 2.73. The minimum absolute atomic E-state index is 0.749. The fraction of sp³-hybridized carbons (Fsp3) is 0.167. The van der Waals surface area contributed by atoms with Gasteiger partial charge in [-0.05, 0) is 31.0 Å². The van der Waals surface area contributed by atoms with E-state index in [1.807, 2.05) is 18.2 Å². The molecule has 0 fully saturated rings. The summed E-state index contributed by atoms with van der Waals surface area (Å²) in [6.07, 6.45) is 2.54. The third kappa shape index (κ3) is 1.43. The zero-order valence-corrected chi connectivity index (χ0v) is 8.16. The van der Waals surface area contributed by atoms with Gasteiger partial charge in [-0.3, -0.25) is 4.98 Å². The molecular formula is C12H12NO. The van der Waals surface area contributed by atoms with E-state index in [0.29, 0.717) is 0 Å². The smallest absolute Gasteiger partial charge is 0.121 e. The molecule has 1 heterocycles. The van der Waals surface area contributed by atoms with E-state index in [-0.39, 0.29) is 0 Å². The van der Waals surface area contributed by atoms with Crippen molar-refractivity contribution in [3.63, 3.8) is 0 Å². The molecule has 0 bridgehead atoms. The lowest BCUT2D eigenvalue weighted by Gasteiger charge is -2.06. The van der Waals surface area contributed by atoms with Crippen LogP contribution in [0.15, 0.2) is 30.5 Å². The van der Waals surface area contributed by atoms with Gasteiger partial charge >= 0.3 is 0 Å². The molecule has 0 spiro atoms. The number of pyridine rings is 1.